The average Bonchev–Trinajstić information content (AvgIpc) is 3.45. The number of nitrogens with two attached hydrogens (primary N) is 1. The van der Waals surface area contributed by atoms with Crippen LogP contribution in [0.4, 0.5) is 16.0 Å². The fourth-order valence-corrected chi connectivity index (χ4v) is 10.6. The smallest absolute Gasteiger partial charge is 0.262 e. The van der Waals surface area contributed by atoms with E-state index < -0.39 is 64.4 Å². The number of anilines is 2. The van der Waals surface area contributed by atoms with E-state index in [1.165, 1.54) is 23.4 Å². The van der Waals surface area contributed by atoms with Crippen molar-refractivity contribution in [3.8, 4) is 11.8 Å². The fourth-order valence-electron chi connectivity index (χ4n) is 10.4. The van der Waals surface area contributed by atoms with Gasteiger partial charge in [0.1, 0.15) is 29.8 Å². The molecule has 17 heteroatoms. The van der Waals surface area contributed by atoms with Crippen LogP contribution in [0.15, 0.2) is 42.7 Å². The van der Waals surface area contributed by atoms with Gasteiger partial charge in [-0.25, -0.2) is 14.4 Å². The number of nitrogens with zero attached hydrogens (tertiary/aromatic N) is 8. The Hall–Kier alpha value is -5.66. The Labute approximate surface area is 352 Å². The molecular formula is C43H47ClFN9O6. The van der Waals surface area contributed by atoms with Crippen LogP contribution in [0.5, 0.6) is 5.75 Å². The van der Waals surface area contributed by atoms with Gasteiger partial charge in [-0.3, -0.25) is 38.7 Å². The Morgan fingerprint density at radius 1 is 0.900 bits per heavy atom. The number of amides is 5. The van der Waals surface area contributed by atoms with Crippen LogP contribution in [0.25, 0.3) is 0 Å². The van der Waals surface area contributed by atoms with Crippen LogP contribution in [0.2, 0.25) is 5.02 Å². The zero-order chi connectivity index (χ0) is 42.8. The number of piperazine rings is 1. The molecule has 1 atom stereocenters. The number of halogens is 2. The Bertz CT molecular complexity index is 2300. The molecule has 0 radical (unpaired) electrons. The number of carbonyl (C=O) groups excluding carboxylic acids is 5. The van der Waals surface area contributed by atoms with E-state index in [0.29, 0.717) is 49.4 Å². The first-order valence-electron chi connectivity index (χ1n) is 20.3. The standard InChI is InChI=1S/C43H47ClFN9O6/c1-42(2)39(43(3,4)40(42)60-27-6-5-25(20-46)30(44)17-27)54-34(55)8-7-32(38(54)59)53-36(57)28-18-31(45)33(19-29(28)37(53)58)51-15-13-50(14-16-51)23-24-9-11-52(12-10-24)41-48-21-26(22-49-41)35(47)56/h5-6,17-19,21-22,24,32,39-40H,7-16,23H2,1-4H3,(H2,47,56). The van der Waals surface area contributed by atoms with E-state index in [1.54, 1.807) is 18.2 Å². The second-order valence-electron chi connectivity index (χ2n) is 17.6. The van der Waals surface area contributed by atoms with Crippen molar-refractivity contribution in [3.63, 3.8) is 0 Å². The second kappa shape index (κ2) is 15.4. The summed E-state index contributed by atoms with van der Waals surface area (Å²) in [6.45, 7) is 12.5. The van der Waals surface area contributed by atoms with Crippen molar-refractivity contribution in [2.75, 3.05) is 55.6 Å². The average molecular weight is 840 g/mol. The molecule has 5 amide bonds. The third-order valence-electron chi connectivity index (χ3n) is 13.1. The number of rotatable bonds is 9. The van der Waals surface area contributed by atoms with Gasteiger partial charge in [-0.1, -0.05) is 39.3 Å². The molecule has 8 rings (SSSR count). The molecule has 60 heavy (non-hydrogen) atoms. The maximum absolute atomic E-state index is 15.9. The summed E-state index contributed by atoms with van der Waals surface area (Å²) in [4.78, 5) is 84.3. The molecule has 15 nitrogen and oxygen atoms in total. The van der Waals surface area contributed by atoms with Crippen LogP contribution < -0.4 is 20.3 Å². The van der Waals surface area contributed by atoms with E-state index in [9.17, 15) is 29.2 Å². The Morgan fingerprint density at radius 3 is 2.13 bits per heavy atom. The number of ether oxygens (including phenoxy) is 1. The highest BCUT2D eigenvalue weighted by molar-refractivity contribution is 6.31. The number of primary amides is 1. The van der Waals surface area contributed by atoms with Gasteiger partial charge < -0.3 is 20.3 Å². The number of hydrogen-bond acceptors (Lipinski definition) is 12. The zero-order valence-corrected chi connectivity index (χ0v) is 34.7. The predicted octanol–water partition coefficient (Wildman–Crippen LogP) is 4.27. The van der Waals surface area contributed by atoms with Crippen LogP contribution in [0.3, 0.4) is 0 Å². The molecule has 2 aromatic carbocycles. The number of imide groups is 2. The number of carbonyl (C=O) groups is 5. The van der Waals surface area contributed by atoms with E-state index >= 15 is 4.39 Å². The molecule has 4 aliphatic heterocycles. The number of aromatic nitrogens is 2. The summed E-state index contributed by atoms with van der Waals surface area (Å²) in [7, 11) is 0. The molecule has 1 saturated carbocycles. The first kappa shape index (κ1) is 41.1. The van der Waals surface area contributed by atoms with Crippen LogP contribution in [-0.4, -0.2) is 118 Å². The molecule has 5 heterocycles. The van der Waals surface area contributed by atoms with Crippen molar-refractivity contribution in [3.05, 3.63) is 75.8 Å². The zero-order valence-electron chi connectivity index (χ0n) is 34.0. The molecule has 3 saturated heterocycles. The van der Waals surface area contributed by atoms with Crippen molar-refractivity contribution in [1.29, 1.82) is 5.26 Å². The van der Waals surface area contributed by atoms with Crippen molar-refractivity contribution in [1.82, 2.24) is 24.7 Å². The highest BCUT2D eigenvalue weighted by atomic mass is 35.5. The number of hydrogen-bond donors (Lipinski definition) is 1. The van der Waals surface area contributed by atoms with Gasteiger partial charge in [-0.05, 0) is 49.4 Å². The third-order valence-corrected chi connectivity index (χ3v) is 13.4. The highest BCUT2D eigenvalue weighted by Gasteiger charge is 2.68. The molecule has 2 N–H and O–H groups in total. The second-order valence-corrected chi connectivity index (χ2v) is 18.0. The van der Waals surface area contributed by atoms with Crippen LogP contribution >= 0.6 is 11.6 Å². The van der Waals surface area contributed by atoms with Gasteiger partial charge in [0.15, 0.2) is 0 Å². The molecule has 1 aromatic heterocycles. The molecule has 0 bridgehead atoms. The maximum atomic E-state index is 15.9. The van der Waals surface area contributed by atoms with Gasteiger partial charge in [0.05, 0.1) is 39.0 Å². The minimum Gasteiger partial charge on any atom is -0.489 e. The minimum atomic E-state index is -1.24. The van der Waals surface area contributed by atoms with Gasteiger partial charge >= 0.3 is 0 Å². The quantitative estimate of drug-likeness (QED) is 0.302. The van der Waals surface area contributed by atoms with E-state index in [4.69, 9.17) is 22.1 Å². The Balaban J connectivity index is 0.903. The summed E-state index contributed by atoms with van der Waals surface area (Å²) in [5, 5.41) is 9.52. The van der Waals surface area contributed by atoms with Crippen LogP contribution in [0.1, 0.15) is 90.0 Å². The summed E-state index contributed by atoms with van der Waals surface area (Å²) < 4.78 is 22.2. The van der Waals surface area contributed by atoms with Crippen molar-refractivity contribution < 1.29 is 33.1 Å². The lowest BCUT2D eigenvalue weighted by atomic mass is 9.48. The van der Waals surface area contributed by atoms with Gasteiger partial charge in [0.2, 0.25) is 11.9 Å². The molecule has 314 valence electrons. The Kier molecular flexibility index (Phi) is 10.6. The van der Waals surface area contributed by atoms with Crippen LogP contribution in [-0.2, 0) is 9.59 Å². The molecule has 4 fully saturated rings. The highest BCUT2D eigenvalue weighted by Crippen LogP contribution is 2.58. The van der Waals surface area contributed by atoms with E-state index in [2.05, 4.69) is 19.8 Å². The number of benzene rings is 2. The lowest BCUT2D eigenvalue weighted by Crippen LogP contribution is -2.77. The SMILES string of the molecule is CC1(C)C(Oc2ccc(C#N)c(Cl)c2)C(C)(C)C1N1C(=O)CCC(N2C(=O)c3cc(F)c(N4CCN(CC5CCN(c6ncc(C(N)=O)cn6)CC5)CC4)cc3C2=O)C1=O. The lowest BCUT2D eigenvalue weighted by molar-refractivity contribution is -0.216. The molecule has 1 aliphatic carbocycles. The molecule has 0 spiro atoms. The topological polar surface area (TPSA) is 186 Å². The summed E-state index contributed by atoms with van der Waals surface area (Å²) >= 11 is 6.26. The first-order chi connectivity index (χ1) is 28.5. The number of nitriles is 1. The lowest BCUT2D eigenvalue weighted by Gasteiger charge is -2.65. The van der Waals surface area contributed by atoms with Gasteiger partial charge in [-0.2, -0.15) is 5.26 Å². The number of piperidine rings is 2. The fraction of sp³-hybridized carbons (Fsp3) is 0.488. The Morgan fingerprint density at radius 2 is 1.53 bits per heavy atom. The monoisotopic (exact) mass is 839 g/mol. The summed E-state index contributed by atoms with van der Waals surface area (Å²) in [6.07, 6.45) is 4.21. The van der Waals surface area contributed by atoms with Crippen molar-refractivity contribution >= 4 is 52.8 Å². The maximum Gasteiger partial charge on any atom is 0.262 e. The van der Waals surface area contributed by atoms with E-state index in [1.807, 2.05) is 38.7 Å². The van der Waals surface area contributed by atoms with Gasteiger partial charge in [0.25, 0.3) is 23.6 Å². The molecular weight excluding hydrogens is 793 g/mol. The van der Waals surface area contributed by atoms with Crippen LogP contribution in [0, 0.1) is 33.9 Å². The number of likely N-dealkylation sites (tertiary alicyclic amines) is 1. The predicted molar refractivity (Wildman–Crippen MR) is 218 cm³/mol. The van der Waals surface area contributed by atoms with Gasteiger partial charge in [-0.15, -0.1) is 0 Å². The normalized spacial score (nSPS) is 24.3. The van der Waals surface area contributed by atoms with Crippen molar-refractivity contribution in [2.24, 2.45) is 22.5 Å². The summed E-state index contributed by atoms with van der Waals surface area (Å²) in [5.74, 6) is -2.22. The largest absolute Gasteiger partial charge is 0.489 e. The van der Waals surface area contributed by atoms with Gasteiger partial charge in [0, 0.05) is 81.5 Å². The van der Waals surface area contributed by atoms with E-state index in [0.717, 1.165) is 43.4 Å². The first-order valence-corrected chi connectivity index (χ1v) is 20.7. The summed E-state index contributed by atoms with van der Waals surface area (Å²) in [6, 6.07) is 7.45. The summed E-state index contributed by atoms with van der Waals surface area (Å²) in [5.41, 5.74) is 4.54. The molecule has 1 unspecified atom stereocenters. The third kappa shape index (κ3) is 7.00. The minimum absolute atomic E-state index is 0.0360. The van der Waals surface area contributed by atoms with E-state index in [-0.39, 0.29) is 40.2 Å². The molecule has 5 aliphatic rings. The molecule has 3 aromatic rings. The number of fused-ring (bicyclic) bond motifs is 1. The van der Waals surface area contributed by atoms with Crippen molar-refractivity contribution in [2.45, 2.75) is 71.6 Å².